The second-order valence-electron chi connectivity index (χ2n) is 3.65. The molecular formula is C11H11ClF2N2O. The minimum absolute atomic E-state index is 0.0899. The number of rotatable bonds is 3. The molecule has 2 rings (SSSR count). The van der Waals surface area contributed by atoms with Crippen LogP contribution in [0.3, 0.4) is 0 Å². The molecule has 0 amide bonds. The summed E-state index contributed by atoms with van der Waals surface area (Å²) in [5, 5.41) is 2.92. The van der Waals surface area contributed by atoms with Gasteiger partial charge in [0.05, 0.1) is 11.6 Å². The third-order valence-electron chi connectivity index (χ3n) is 2.34. The van der Waals surface area contributed by atoms with Crippen LogP contribution >= 0.6 is 11.6 Å². The Morgan fingerprint density at radius 1 is 1.47 bits per heavy atom. The lowest BCUT2D eigenvalue weighted by Crippen LogP contribution is -2.33. The van der Waals surface area contributed by atoms with Crippen molar-refractivity contribution in [1.29, 1.82) is 0 Å². The highest BCUT2D eigenvalue weighted by molar-refractivity contribution is 6.32. The largest absolute Gasteiger partial charge is 0.478 e. The van der Waals surface area contributed by atoms with Crippen LogP contribution < -0.4 is 10.1 Å². The number of nitrogens with zero attached hydrogens (tertiary/aromatic N) is 1. The molecule has 0 aromatic heterocycles. The van der Waals surface area contributed by atoms with Gasteiger partial charge in [0.15, 0.2) is 17.7 Å². The van der Waals surface area contributed by atoms with Crippen LogP contribution in [0, 0.1) is 11.6 Å². The van der Waals surface area contributed by atoms with Gasteiger partial charge in [0.1, 0.15) is 11.7 Å². The summed E-state index contributed by atoms with van der Waals surface area (Å²) < 4.78 is 31.6. The Morgan fingerprint density at radius 2 is 2.24 bits per heavy atom. The first-order valence-electron chi connectivity index (χ1n) is 5.17. The third-order valence-corrected chi connectivity index (χ3v) is 2.62. The van der Waals surface area contributed by atoms with Crippen molar-refractivity contribution in [2.45, 2.75) is 13.0 Å². The van der Waals surface area contributed by atoms with Crippen LogP contribution in [-0.2, 0) is 0 Å². The first-order valence-corrected chi connectivity index (χ1v) is 5.55. The molecule has 0 fully saturated rings. The molecule has 92 valence electrons. The molecule has 0 radical (unpaired) electrons. The van der Waals surface area contributed by atoms with Gasteiger partial charge < -0.3 is 10.1 Å². The third kappa shape index (κ3) is 2.66. The molecule has 1 unspecified atom stereocenters. The Bertz CT molecular complexity index is 442. The molecular weight excluding hydrogens is 249 g/mol. The number of ether oxygens (including phenoxy) is 1. The summed E-state index contributed by atoms with van der Waals surface area (Å²) in [6, 6.07) is 1.74. The molecule has 0 bridgehead atoms. The average molecular weight is 260 g/mol. The predicted molar refractivity (Wildman–Crippen MR) is 61.8 cm³/mol. The zero-order chi connectivity index (χ0) is 12.4. The van der Waals surface area contributed by atoms with Crippen LogP contribution in [0.15, 0.2) is 17.1 Å². The number of hydrogen-bond donors (Lipinski definition) is 1. The summed E-state index contributed by atoms with van der Waals surface area (Å²) in [6.07, 6.45) is -0.449. The highest BCUT2D eigenvalue weighted by atomic mass is 35.5. The molecule has 1 aliphatic heterocycles. The Kier molecular flexibility index (Phi) is 3.47. The lowest BCUT2D eigenvalue weighted by molar-refractivity contribution is 0.269. The van der Waals surface area contributed by atoms with Gasteiger partial charge in [0, 0.05) is 12.6 Å². The molecule has 1 atom stereocenters. The summed E-state index contributed by atoms with van der Waals surface area (Å²) >= 11 is 5.72. The van der Waals surface area contributed by atoms with Crippen molar-refractivity contribution >= 4 is 17.4 Å². The van der Waals surface area contributed by atoms with E-state index in [0.29, 0.717) is 12.4 Å². The molecule has 0 saturated heterocycles. The standard InChI is InChI=1S/C11H11ClF2N2O/c1-6(11-15-2-3-16-11)17-10-8(12)4-7(13)5-9(10)14/h4-6H,2-3H2,1H3,(H,15,16)/i13-1. The summed E-state index contributed by atoms with van der Waals surface area (Å²) in [7, 11) is 0. The van der Waals surface area contributed by atoms with Crippen molar-refractivity contribution in [1.82, 2.24) is 5.32 Å². The molecule has 0 saturated carbocycles. The first-order chi connectivity index (χ1) is 8.08. The monoisotopic (exact) mass is 259 g/mol. The minimum atomic E-state index is -0.819. The van der Waals surface area contributed by atoms with E-state index in [1.54, 1.807) is 6.92 Å². The van der Waals surface area contributed by atoms with Gasteiger partial charge in [-0.05, 0) is 13.0 Å². The van der Waals surface area contributed by atoms with E-state index in [9.17, 15) is 8.78 Å². The molecule has 0 spiro atoms. The highest BCUT2D eigenvalue weighted by Gasteiger charge is 2.19. The summed E-state index contributed by atoms with van der Waals surface area (Å²) in [5.74, 6) is -1.06. The van der Waals surface area contributed by atoms with Crippen LogP contribution in [0.25, 0.3) is 0 Å². The van der Waals surface area contributed by atoms with E-state index in [-0.39, 0.29) is 10.8 Å². The number of hydrogen-bond acceptors (Lipinski definition) is 3. The van der Waals surface area contributed by atoms with Gasteiger partial charge in [-0.1, -0.05) is 11.6 Å². The number of aliphatic imine (C=N–C) groups is 1. The maximum absolute atomic E-state index is 13.4. The van der Waals surface area contributed by atoms with E-state index in [2.05, 4.69) is 10.3 Å². The maximum atomic E-state index is 13.4. The van der Waals surface area contributed by atoms with Crippen molar-refractivity contribution in [2.75, 3.05) is 13.1 Å². The van der Waals surface area contributed by atoms with E-state index >= 15 is 0 Å². The lowest BCUT2D eigenvalue weighted by Gasteiger charge is -2.16. The van der Waals surface area contributed by atoms with Gasteiger partial charge in [0.2, 0.25) is 0 Å². The molecule has 1 heterocycles. The van der Waals surface area contributed by atoms with Crippen molar-refractivity contribution in [3.63, 3.8) is 0 Å². The van der Waals surface area contributed by atoms with E-state index in [1.807, 2.05) is 0 Å². The summed E-state index contributed by atoms with van der Waals surface area (Å²) in [6.45, 7) is 3.13. The maximum Gasteiger partial charge on any atom is 0.174 e. The number of amidine groups is 1. The van der Waals surface area contributed by atoms with E-state index in [4.69, 9.17) is 16.3 Å². The molecule has 1 N–H and O–H groups in total. The second-order valence-corrected chi connectivity index (χ2v) is 4.06. The van der Waals surface area contributed by atoms with Gasteiger partial charge in [-0.3, -0.25) is 4.99 Å². The molecule has 3 nitrogen and oxygen atoms in total. The number of benzene rings is 1. The van der Waals surface area contributed by atoms with Gasteiger partial charge >= 0.3 is 0 Å². The van der Waals surface area contributed by atoms with Crippen molar-refractivity contribution in [3.05, 3.63) is 28.8 Å². The zero-order valence-electron chi connectivity index (χ0n) is 9.14. The number of halogens is 3. The van der Waals surface area contributed by atoms with Crippen molar-refractivity contribution < 1.29 is 13.5 Å². The molecule has 0 aliphatic carbocycles. The van der Waals surface area contributed by atoms with E-state index in [0.717, 1.165) is 18.7 Å². The molecule has 1 aromatic rings. The van der Waals surface area contributed by atoms with Crippen LogP contribution in [-0.4, -0.2) is 25.0 Å². The van der Waals surface area contributed by atoms with Crippen LogP contribution in [0.5, 0.6) is 5.75 Å². The normalized spacial score (nSPS) is 16.4. The second kappa shape index (κ2) is 4.87. The Balaban J connectivity index is 2.18. The highest BCUT2D eigenvalue weighted by Crippen LogP contribution is 2.29. The van der Waals surface area contributed by atoms with E-state index < -0.39 is 17.7 Å². The smallest absolute Gasteiger partial charge is 0.174 e. The Hall–Kier alpha value is -1.36. The van der Waals surface area contributed by atoms with Gasteiger partial charge in [-0.25, -0.2) is 8.78 Å². The van der Waals surface area contributed by atoms with Gasteiger partial charge in [0.25, 0.3) is 0 Å². The zero-order valence-corrected chi connectivity index (χ0v) is 9.89. The summed E-state index contributed by atoms with van der Waals surface area (Å²) in [5.41, 5.74) is 0. The van der Waals surface area contributed by atoms with Crippen LogP contribution in [0.2, 0.25) is 5.02 Å². The molecule has 6 heteroatoms. The van der Waals surface area contributed by atoms with Crippen LogP contribution in [0.1, 0.15) is 6.92 Å². The SMILES string of the molecule is CC(Oc1c(F)cc([18F])cc1Cl)C1=NCCN1. The lowest BCUT2D eigenvalue weighted by atomic mass is 10.3. The number of nitrogens with one attached hydrogen (secondary N) is 1. The molecule has 1 aliphatic rings. The minimum Gasteiger partial charge on any atom is -0.478 e. The quantitative estimate of drug-likeness (QED) is 0.904. The Morgan fingerprint density at radius 3 is 2.82 bits per heavy atom. The topological polar surface area (TPSA) is 33.6 Å². The van der Waals surface area contributed by atoms with Gasteiger partial charge in [-0.2, -0.15) is 0 Å². The fraction of sp³-hybridized carbons (Fsp3) is 0.364. The molecule has 17 heavy (non-hydrogen) atoms. The fourth-order valence-electron chi connectivity index (χ4n) is 1.56. The van der Waals surface area contributed by atoms with Crippen LogP contribution in [0.4, 0.5) is 8.78 Å². The van der Waals surface area contributed by atoms with Gasteiger partial charge in [-0.15, -0.1) is 0 Å². The Labute approximate surface area is 102 Å². The first kappa shape index (κ1) is 12.1. The average Bonchev–Trinajstić information content (AvgIpc) is 2.76. The molecule has 1 aromatic carbocycles. The summed E-state index contributed by atoms with van der Waals surface area (Å²) in [4.78, 5) is 4.15. The van der Waals surface area contributed by atoms with Crippen molar-refractivity contribution in [3.8, 4) is 5.75 Å². The predicted octanol–water partition coefficient (Wildman–Crippen LogP) is 2.39. The van der Waals surface area contributed by atoms with E-state index in [1.165, 1.54) is 0 Å². The fourth-order valence-corrected chi connectivity index (χ4v) is 1.80. The van der Waals surface area contributed by atoms with Crippen molar-refractivity contribution in [2.24, 2.45) is 4.99 Å².